The molecule has 0 saturated heterocycles. The molecule has 1 amide bonds. The maximum Gasteiger partial charge on any atom is 0.236 e. The third-order valence-corrected chi connectivity index (χ3v) is 4.68. The van der Waals surface area contributed by atoms with Crippen LogP contribution in [0.3, 0.4) is 0 Å². The minimum absolute atomic E-state index is 0.00514. The monoisotopic (exact) mass is 336 g/mol. The van der Waals surface area contributed by atoms with Gasteiger partial charge < -0.3 is 10.1 Å². The van der Waals surface area contributed by atoms with Gasteiger partial charge in [-0.2, -0.15) is 0 Å². The van der Waals surface area contributed by atoms with E-state index < -0.39 is 0 Å². The van der Waals surface area contributed by atoms with Crippen LogP contribution in [0.5, 0.6) is 5.75 Å². The standard InChI is InChI=1S/C16H20N2O2S2/c1-16(2,3)13-9-22-15(17-13)18-14(19)10-21-12-7-5-6-11(8-12)20-4/h5-9H,10H2,1-4H3,(H,17,18,19). The van der Waals surface area contributed by atoms with Crippen molar-refractivity contribution in [2.45, 2.75) is 31.1 Å². The number of aromatic nitrogens is 1. The summed E-state index contributed by atoms with van der Waals surface area (Å²) in [6.45, 7) is 6.31. The number of methoxy groups -OCH3 is 1. The third kappa shape index (κ3) is 4.74. The average Bonchev–Trinajstić information content (AvgIpc) is 2.94. The lowest BCUT2D eigenvalue weighted by Gasteiger charge is -2.14. The summed E-state index contributed by atoms with van der Waals surface area (Å²) in [4.78, 5) is 17.5. The predicted molar refractivity (Wildman–Crippen MR) is 93.2 cm³/mol. The van der Waals surface area contributed by atoms with Crippen molar-refractivity contribution < 1.29 is 9.53 Å². The maximum atomic E-state index is 12.0. The van der Waals surface area contributed by atoms with Crippen LogP contribution >= 0.6 is 23.1 Å². The van der Waals surface area contributed by atoms with E-state index in [1.54, 1.807) is 7.11 Å². The molecule has 1 N–H and O–H groups in total. The van der Waals surface area contributed by atoms with Crippen LogP contribution in [0.2, 0.25) is 0 Å². The van der Waals surface area contributed by atoms with E-state index in [1.165, 1.54) is 23.1 Å². The van der Waals surface area contributed by atoms with Gasteiger partial charge in [0.1, 0.15) is 5.75 Å². The Morgan fingerprint density at radius 1 is 1.41 bits per heavy atom. The largest absolute Gasteiger partial charge is 0.497 e. The fourth-order valence-corrected chi connectivity index (χ4v) is 3.37. The minimum atomic E-state index is -0.0531. The maximum absolute atomic E-state index is 12.0. The summed E-state index contributed by atoms with van der Waals surface area (Å²) in [6.07, 6.45) is 0. The molecule has 0 bridgehead atoms. The first-order valence-electron chi connectivity index (χ1n) is 6.91. The quantitative estimate of drug-likeness (QED) is 0.832. The van der Waals surface area contributed by atoms with Crippen LogP contribution in [0.4, 0.5) is 5.13 Å². The molecule has 118 valence electrons. The van der Waals surface area contributed by atoms with E-state index in [9.17, 15) is 4.79 Å². The molecule has 1 aromatic heterocycles. The normalized spacial score (nSPS) is 11.3. The number of hydrogen-bond donors (Lipinski definition) is 1. The lowest BCUT2D eigenvalue weighted by atomic mass is 9.93. The fraction of sp³-hybridized carbons (Fsp3) is 0.375. The van der Waals surface area contributed by atoms with Crippen molar-refractivity contribution in [3.05, 3.63) is 35.3 Å². The van der Waals surface area contributed by atoms with Crippen LogP contribution in [-0.2, 0) is 10.2 Å². The lowest BCUT2D eigenvalue weighted by Crippen LogP contribution is -2.15. The van der Waals surface area contributed by atoms with E-state index >= 15 is 0 Å². The van der Waals surface area contributed by atoms with Crippen molar-refractivity contribution in [1.82, 2.24) is 4.98 Å². The Morgan fingerprint density at radius 2 is 2.18 bits per heavy atom. The highest BCUT2D eigenvalue weighted by molar-refractivity contribution is 8.00. The number of carbonyl (C=O) groups is 1. The van der Waals surface area contributed by atoms with Gasteiger partial charge in [-0.3, -0.25) is 4.79 Å². The van der Waals surface area contributed by atoms with Crippen LogP contribution in [0.15, 0.2) is 34.5 Å². The Kier molecular flexibility index (Phi) is 5.47. The molecule has 1 aromatic carbocycles. The number of thiazole rings is 1. The highest BCUT2D eigenvalue weighted by atomic mass is 32.2. The Balaban J connectivity index is 1.89. The number of rotatable bonds is 5. The van der Waals surface area contributed by atoms with Crippen LogP contribution in [-0.4, -0.2) is 23.8 Å². The van der Waals surface area contributed by atoms with E-state index in [0.29, 0.717) is 10.9 Å². The van der Waals surface area contributed by atoms with Gasteiger partial charge >= 0.3 is 0 Å². The van der Waals surface area contributed by atoms with Crippen molar-refractivity contribution in [2.24, 2.45) is 0 Å². The minimum Gasteiger partial charge on any atom is -0.497 e. The molecule has 0 radical (unpaired) electrons. The molecule has 1 heterocycles. The van der Waals surface area contributed by atoms with Gasteiger partial charge in [0, 0.05) is 15.7 Å². The fourth-order valence-electron chi connectivity index (χ4n) is 1.67. The summed E-state index contributed by atoms with van der Waals surface area (Å²) in [5.41, 5.74) is 0.989. The zero-order valence-corrected chi connectivity index (χ0v) is 14.8. The van der Waals surface area contributed by atoms with Crippen molar-refractivity contribution in [3.63, 3.8) is 0 Å². The van der Waals surface area contributed by atoms with Crippen molar-refractivity contribution in [2.75, 3.05) is 18.2 Å². The van der Waals surface area contributed by atoms with Crippen molar-refractivity contribution >= 4 is 34.1 Å². The predicted octanol–water partition coefficient (Wildman–Crippen LogP) is 4.18. The van der Waals surface area contributed by atoms with Gasteiger partial charge in [0.05, 0.1) is 18.6 Å². The summed E-state index contributed by atoms with van der Waals surface area (Å²) >= 11 is 2.93. The van der Waals surface area contributed by atoms with E-state index in [1.807, 2.05) is 29.6 Å². The Bertz CT molecular complexity index is 648. The van der Waals surface area contributed by atoms with Gasteiger partial charge in [-0.15, -0.1) is 23.1 Å². The molecule has 0 saturated carbocycles. The molecule has 0 aliphatic heterocycles. The van der Waals surface area contributed by atoms with Crippen LogP contribution in [0, 0.1) is 0 Å². The van der Waals surface area contributed by atoms with E-state index in [4.69, 9.17) is 4.74 Å². The molecule has 0 unspecified atom stereocenters. The molecule has 4 nitrogen and oxygen atoms in total. The zero-order chi connectivity index (χ0) is 16.2. The molecule has 2 rings (SSSR count). The van der Waals surface area contributed by atoms with E-state index in [-0.39, 0.29) is 11.3 Å². The molecule has 22 heavy (non-hydrogen) atoms. The topological polar surface area (TPSA) is 51.2 Å². The van der Waals surface area contributed by atoms with Gasteiger partial charge in [-0.1, -0.05) is 26.8 Å². The molecule has 0 aliphatic carbocycles. The summed E-state index contributed by atoms with van der Waals surface area (Å²) in [7, 11) is 1.63. The Morgan fingerprint density at radius 3 is 2.82 bits per heavy atom. The zero-order valence-electron chi connectivity index (χ0n) is 13.2. The summed E-state index contributed by atoms with van der Waals surface area (Å²) in [5, 5.41) is 5.49. The van der Waals surface area contributed by atoms with Crippen molar-refractivity contribution in [3.8, 4) is 5.75 Å². The molecule has 0 atom stereocenters. The number of anilines is 1. The van der Waals surface area contributed by atoms with Gasteiger partial charge in [-0.25, -0.2) is 4.98 Å². The Labute approximate surface area is 139 Å². The number of benzene rings is 1. The second kappa shape index (κ2) is 7.15. The van der Waals surface area contributed by atoms with Crippen LogP contribution in [0.1, 0.15) is 26.5 Å². The van der Waals surface area contributed by atoms with Gasteiger partial charge in [-0.05, 0) is 18.2 Å². The SMILES string of the molecule is COc1cccc(SCC(=O)Nc2nc(C(C)(C)C)cs2)c1. The summed E-state index contributed by atoms with van der Waals surface area (Å²) < 4.78 is 5.17. The summed E-state index contributed by atoms with van der Waals surface area (Å²) in [5.74, 6) is 1.08. The Hall–Kier alpha value is -1.53. The second-order valence-corrected chi connectivity index (χ2v) is 7.71. The molecule has 0 spiro atoms. The number of carbonyl (C=O) groups excluding carboxylic acids is 1. The average molecular weight is 336 g/mol. The first-order chi connectivity index (χ1) is 10.4. The number of amides is 1. The molecule has 2 aromatic rings. The molecule has 0 aliphatic rings. The smallest absolute Gasteiger partial charge is 0.236 e. The number of ether oxygens (including phenoxy) is 1. The number of thioether (sulfide) groups is 1. The highest BCUT2D eigenvalue weighted by Crippen LogP contribution is 2.27. The molecule has 6 heteroatoms. The van der Waals surface area contributed by atoms with Gasteiger partial charge in [0.2, 0.25) is 5.91 Å². The summed E-state index contributed by atoms with van der Waals surface area (Å²) in [6, 6.07) is 7.67. The lowest BCUT2D eigenvalue weighted by molar-refractivity contribution is -0.113. The van der Waals surface area contributed by atoms with Gasteiger partial charge in [0.15, 0.2) is 5.13 Å². The number of nitrogens with zero attached hydrogens (tertiary/aromatic N) is 1. The first kappa shape index (κ1) is 16.8. The van der Waals surface area contributed by atoms with Gasteiger partial charge in [0.25, 0.3) is 0 Å². The second-order valence-electron chi connectivity index (χ2n) is 5.80. The third-order valence-electron chi connectivity index (χ3n) is 2.93. The van der Waals surface area contributed by atoms with Crippen LogP contribution < -0.4 is 10.1 Å². The number of nitrogens with one attached hydrogen (secondary N) is 1. The molecule has 0 fully saturated rings. The van der Waals surface area contributed by atoms with E-state index in [0.717, 1.165) is 16.3 Å². The molecular formula is C16H20N2O2S2. The number of hydrogen-bond acceptors (Lipinski definition) is 5. The van der Waals surface area contributed by atoms with Crippen LogP contribution in [0.25, 0.3) is 0 Å². The van der Waals surface area contributed by atoms with E-state index in [2.05, 4.69) is 31.1 Å². The first-order valence-corrected chi connectivity index (χ1v) is 8.78. The molecular weight excluding hydrogens is 316 g/mol. The highest BCUT2D eigenvalue weighted by Gasteiger charge is 2.18. The van der Waals surface area contributed by atoms with Crippen molar-refractivity contribution in [1.29, 1.82) is 0 Å².